The number of nitrogens with one attached hydrogen (secondary N) is 2. The Morgan fingerprint density at radius 1 is 0.591 bits per heavy atom. The lowest BCUT2D eigenvalue weighted by Gasteiger charge is -2.25. The summed E-state index contributed by atoms with van der Waals surface area (Å²) in [5.41, 5.74) is 3.14. The van der Waals surface area contributed by atoms with Gasteiger partial charge in [0.2, 0.25) is 0 Å². The van der Waals surface area contributed by atoms with E-state index in [2.05, 4.69) is 10.6 Å². The SMILES string of the molecule is COc1ccc(CNCC(C(=O)C(CNCc2ccc(OC)cc2OC)c2ccc(F)cc2)c2ccc(F)cc2)c(OC)c1. The van der Waals surface area contributed by atoms with E-state index in [9.17, 15) is 13.6 Å². The lowest BCUT2D eigenvalue weighted by Crippen LogP contribution is -2.34. The highest BCUT2D eigenvalue weighted by molar-refractivity contribution is 5.92. The number of ketones is 1. The fourth-order valence-electron chi connectivity index (χ4n) is 5.10. The standard InChI is InChI=1S/C35H38F2N2O5/c1-41-29-15-9-25(33(17-29)43-3)19-38-21-31(23-5-11-27(36)12-6-23)35(40)32(24-7-13-28(37)14-8-24)22-39-20-26-10-16-30(42-2)18-34(26)44-4/h5-18,31-32,38-39H,19-22H2,1-4H3. The summed E-state index contributed by atoms with van der Waals surface area (Å²) in [6.45, 7) is 1.41. The molecule has 0 bridgehead atoms. The van der Waals surface area contributed by atoms with Gasteiger partial charge in [-0.05, 0) is 47.5 Å². The van der Waals surface area contributed by atoms with Crippen LogP contribution in [0, 0.1) is 11.6 Å². The molecule has 0 aromatic heterocycles. The van der Waals surface area contributed by atoms with Gasteiger partial charge in [-0.15, -0.1) is 0 Å². The zero-order chi connectivity index (χ0) is 31.5. The number of carbonyl (C=O) groups is 1. The molecule has 0 radical (unpaired) electrons. The molecular weight excluding hydrogens is 566 g/mol. The van der Waals surface area contributed by atoms with E-state index >= 15 is 0 Å². The first-order valence-corrected chi connectivity index (χ1v) is 14.2. The van der Waals surface area contributed by atoms with Crippen LogP contribution in [0.15, 0.2) is 84.9 Å². The third-order valence-corrected chi connectivity index (χ3v) is 7.55. The fraction of sp³-hybridized carbons (Fsp3) is 0.286. The van der Waals surface area contributed by atoms with Gasteiger partial charge in [0.05, 0.1) is 40.3 Å². The molecule has 4 aromatic rings. The second-order valence-electron chi connectivity index (χ2n) is 10.2. The van der Waals surface area contributed by atoms with Crippen molar-refractivity contribution in [2.75, 3.05) is 41.5 Å². The van der Waals surface area contributed by atoms with E-state index in [4.69, 9.17) is 18.9 Å². The van der Waals surface area contributed by atoms with Crippen molar-refractivity contribution in [1.82, 2.24) is 10.6 Å². The minimum atomic E-state index is -0.618. The number of carbonyl (C=O) groups excluding carboxylic acids is 1. The summed E-state index contributed by atoms with van der Waals surface area (Å²) in [6.07, 6.45) is 0. The van der Waals surface area contributed by atoms with E-state index in [0.717, 1.165) is 11.1 Å². The molecule has 0 amide bonds. The van der Waals surface area contributed by atoms with Crippen LogP contribution >= 0.6 is 0 Å². The molecule has 0 fully saturated rings. The van der Waals surface area contributed by atoms with Gasteiger partial charge in [-0.25, -0.2) is 8.78 Å². The molecule has 9 heteroatoms. The maximum atomic E-state index is 14.4. The van der Waals surface area contributed by atoms with E-state index in [1.165, 1.54) is 24.3 Å². The topological polar surface area (TPSA) is 78.1 Å². The first-order valence-electron chi connectivity index (χ1n) is 14.2. The van der Waals surface area contributed by atoms with Crippen LogP contribution in [0.2, 0.25) is 0 Å². The number of methoxy groups -OCH3 is 4. The molecule has 2 unspecified atom stereocenters. The minimum absolute atomic E-state index is 0.0911. The van der Waals surface area contributed by atoms with Crippen LogP contribution in [-0.2, 0) is 17.9 Å². The Kier molecular flexibility index (Phi) is 11.7. The van der Waals surface area contributed by atoms with Gasteiger partial charge in [0.1, 0.15) is 40.4 Å². The molecule has 0 heterocycles. The van der Waals surface area contributed by atoms with Gasteiger partial charge in [-0.2, -0.15) is 0 Å². The molecule has 0 aliphatic heterocycles. The molecule has 0 aliphatic rings. The molecule has 0 aliphatic carbocycles. The highest BCUT2D eigenvalue weighted by Gasteiger charge is 2.29. The van der Waals surface area contributed by atoms with E-state index in [1.807, 2.05) is 24.3 Å². The number of Topliss-reactive ketones (excluding diaryl/α,β-unsaturated/α-hetero) is 1. The summed E-state index contributed by atoms with van der Waals surface area (Å²) in [4.78, 5) is 14.4. The number of hydrogen-bond acceptors (Lipinski definition) is 7. The predicted molar refractivity (Wildman–Crippen MR) is 166 cm³/mol. The molecule has 0 spiro atoms. The molecule has 4 aromatic carbocycles. The number of halogens is 2. The summed E-state index contributed by atoms with van der Waals surface area (Å²) in [7, 11) is 6.35. The van der Waals surface area contributed by atoms with Crippen LogP contribution in [0.5, 0.6) is 23.0 Å². The molecule has 2 N–H and O–H groups in total. The van der Waals surface area contributed by atoms with Crippen molar-refractivity contribution in [3.63, 3.8) is 0 Å². The van der Waals surface area contributed by atoms with Crippen molar-refractivity contribution in [1.29, 1.82) is 0 Å². The zero-order valence-electron chi connectivity index (χ0n) is 25.4. The van der Waals surface area contributed by atoms with Crippen LogP contribution in [0.4, 0.5) is 8.78 Å². The molecule has 0 saturated heterocycles. The summed E-state index contributed by atoms with van der Waals surface area (Å²) in [5.74, 6) is 0.555. The van der Waals surface area contributed by atoms with E-state index in [-0.39, 0.29) is 30.5 Å². The van der Waals surface area contributed by atoms with E-state index in [0.29, 0.717) is 47.2 Å². The molecule has 4 rings (SSSR count). The van der Waals surface area contributed by atoms with Gasteiger partial charge in [0, 0.05) is 49.4 Å². The van der Waals surface area contributed by atoms with Gasteiger partial charge in [0.15, 0.2) is 0 Å². The Morgan fingerprint density at radius 3 is 1.32 bits per heavy atom. The molecule has 232 valence electrons. The third-order valence-electron chi connectivity index (χ3n) is 7.55. The first-order chi connectivity index (χ1) is 21.4. The van der Waals surface area contributed by atoms with Crippen LogP contribution in [0.3, 0.4) is 0 Å². The maximum absolute atomic E-state index is 14.4. The zero-order valence-corrected chi connectivity index (χ0v) is 25.4. The van der Waals surface area contributed by atoms with Gasteiger partial charge in [0.25, 0.3) is 0 Å². The summed E-state index contributed by atoms with van der Waals surface area (Å²) in [6, 6.07) is 23.0. The quantitative estimate of drug-likeness (QED) is 0.162. The van der Waals surface area contributed by atoms with E-state index < -0.39 is 11.8 Å². The second kappa shape index (κ2) is 15.8. The van der Waals surface area contributed by atoms with Crippen LogP contribution in [0.1, 0.15) is 34.1 Å². The van der Waals surface area contributed by atoms with Crippen molar-refractivity contribution < 1.29 is 32.5 Å². The summed E-state index contributed by atoms with van der Waals surface area (Å²) < 4.78 is 49.4. The molecule has 7 nitrogen and oxygen atoms in total. The number of benzene rings is 4. The molecule has 2 atom stereocenters. The number of ether oxygens (including phenoxy) is 4. The average Bonchev–Trinajstić information content (AvgIpc) is 3.06. The van der Waals surface area contributed by atoms with Crippen molar-refractivity contribution in [3.8, 4) is 23.0 Å². The lowest BCUT2D eigenvalue weighted by molar-refractivity contribution is -0.121. The monoisotopic (exact) mass is 604 g/mol. The Hall–Kier alpha value is -4.47. The van der Waals surface area contributed by atoms with Gasteiger partial charge in [-0.3, -0.25) is 4.79 Å². The second-order valence-corrected chi connectivity index (χ2v) is 10.2. The smallest absolute Gasteiger partial charge is 0.150 e. The van der Waals surface area contributed by atoms with Gasteiger partial charge < -0.3 is 29.6 Å². The Balaban J connectivity index is 1.58. The van der Waals surface area contributed by atoms with Crippen LogP contribution in [-0.4, -0.2) is 47.3 Å². The number of hydrogen-bond donors (Lipinski definition) is 2. The van der Waals surface area contributed by atoms with Crippen LogP contribution in [0.25, 0.3) is 0 Å². The van der Waals surface area contributed by atoms with E-state index in [1.54, 1.807) is 64.8 Å². The van der Waals surface area contributed by atoms with Crippen molar-refractivity contribution >= 4 is 5.78 Å². The third kappa shape index (κ3) is 8.33. The summed E-state index contributed by atoms with van der Waals surface area (Å²) >= 11 is 0. The Morgan fingerprint density at radius 2 is 0.977 bits per heavy atom. The highest BCUT2D eigenvalue weighted by atomic mass is 19.1. The first kappa shape index (κ1) is 32.4. The normalized spacial score (nSPS) is 12.3. The summed E-state index contributed by atoms with van der Waals surface area (Å²) in [5, 5.41) is 6.77. The van der Waals surface area contributed by atoms with Gasteiger partial charge in [-0.1, -0.05) is 36.4 Å². The minimum Gasteiger partial charge on any atom is -0.497 e. The molecule has 0 saturated carbocycles. The largest absolute Gasteiger partial charge is 0.497 e. The molecular formula is C35H38F2N2O5. The van der Waals surface area contributed by atoms with Gasteiger partial charge >= 0.3 is 0 Å². The fourth-order valence-corrected chi connectivity index (χ4v) is 5.10. The van der Waals surface area contributed by atoms with Crippen molar-refractivity contribution in [3.05, 3.63) is 119 Å². The predicted octanol–water partition coefficient (Wildman–Crippen LogP) is 6.02. The van der Waals surface area contributed by atoms with Crippen molar-refractivity contribution in [2.45, 2.75) is 24.9 Å². The van der Waals surface area contributed by atoms with Crippen molar-refractivity contribution in [2.24, 2.45) is 0 Å². The number of rotatable bonds is 16. The Labute approximate surface area is 257 Å². The molecule has 44 heavy (non-hydrogen) atoms. The lowest BCUT2D eigenvalue weighted by atomic mass is 9.83. The average molecular weight is 605 g/mol. The highest BCUT2D eigenvalue weighted by Crippen LogP contribution is 2.29. The van der Waals surface area contributed by atoms with Crippen LogP contribution < -0.4 is 29.6 Å². The Bertz CT molecular complexity index is 1400. The maximum Gasteiger partial charge on any atom is 0.150 e.